The Morgan fingerprint density at radius 2 is 2.05 bits per heavy atom. The first-order chi connectivity index (χ1) is 9.95. The predicted molar refractivity (Wildman–Crippen MR) is 81.7 cm³/mol. The Kier molecular flexibility index (Phi) is 5.43. The predicted octanol–water partition coefficient (Wildman–Crippen LogP) is 1.02. The SMILES string of the molecule is CNCc1cc(S(=O)(=O)N(C)CCN2CCCC2)c(C)o1. The van der Waals surface area contributed by atoms with E-state index < -0.39 is 10.0 Å². The summed E-state index contributed by atoms with van der Waals surface area (Å²) in [4.78, 5) is 2.58. The molecule has 1 N–H and O–H groups in total. The summed E-state index contributed by atoms with van der Waals surface area (Å²) in [6.45, 7) is 5.66. The highest BCUT2D eigenvalue weighted by atomic mass is 32.2. The maximum Gasteiger partial charge on any atom is 0.246 e. The zero-order valence-corrected chi connectivity index (χ0v) is 13.9. The number of rotatable bonds is 7. The highest BCUT2D eigenvalue weighted by Gasteiger charge is 2.26. The Hall–Kier alpha value is -0.890. The van der Waals surface area contributed by atoms with Crippen LogP contribution in [0.1, 0.15) is 24.4 Å². The van der Waals surface area contributed by atoms with Gasteiger partial charge in [-0.15, -0.1) is 0 Å². The van der Waals surface area contributed by atoms with Crippen molar-refractivity contribution in [1.82, 2.24) is 14.5 Å². The first kappa shape index (κ1) is 16.5. The summed E-state index contributed by atoms with van der Waals surface area (Å²) in [5.74, 6) is 1.09. The molecule has 21 heavy (non-hydrogen) atoms. The van der Waals surface area contributed by atoms with Gasteiger partial charge in [-0.1, -0.05) is 0 Å². The van der Waals surface area contributed by atoms with Crippen molar-refractivity contribution < 1.29 is 12.8 Å². The lowest BCUT2D eigenvalue weighted by molar-refractivity contribution is 0.310. The molecule has 6 nitrogen and oxygen atoms in total. The van der Waals surface area contributed by atoms with Gasteiger partial charge in [-0.05, 0) is 39.9 Å². The topological polar surface area (TPSA) is 65.8 Å². The molecule has 2 rings (SSSR count). The number of hydrogen-bond donors (Lipinski definition) is 1. The quantitative estimate of drug-likeness (QED) is 0.814. The van der Waals surface area contributed by atoms with Crippen LogP contribution < -0.4 is 5.32 Å². The van der Waals surface area contributed by atoms with E-state index in [1.807, 2.05) is 0 Å². The molecule has 2 heterocycles. The van der Waals surface area contributed by atoms with Crippen LogP contribution in [0.5, 0.6) is 0 Å². The molecule has 0 atom stereocenters. The highest BCUT2D eigenvalue weighted by Crippen LogP contribution is 2.23. The summed E-state index contributed by atoms with van der Waals surface area (Å²) in [6, 6.07) is 1.62. The van der Waals surface area contributed by atoms with E-state index in [-0.39, 0.29) is 4.90 Å². The van der Waals surface area contributed by atoms with Gasteiger partial charge < -0.3 is 14.6 Å². The van der Waals surface area contributed by atoms with E-state index in [1.165, 1.54) is 17.1 Å². The molecule has 0 amide bonds. The number of nitrogens with zero attached hydrogens (tertiary/aromatic N) is 2. The van der Waals surface area contributed by atoms with Gasteiger partial charge in [0.15, 0.2) is 0 Å². The standard InChI is InChI=1S/C14H25N3O3S/c1-12-14(10-13(20-12)11-15-2)21(18,19)16(3)8-9-17-6-4-5-7-17/h10,15H,4-9,11H2,1-3H3. The van der Waals surface area contributed by atoms with Gasteiger partial charge in [-0.25, -0.2) is 8.42 Å². The maximum atomic E-state index is 12.6. The Balaban J connectivity index is 2.05. The van der Waals surface area contributed by atoms with Gasteiger partial charge in [0.05, 0.1) is 6.54 Å². The van der Waals surface area contributed by atoms with E-state index in [9.17, 15) is 8.42 Å². The van der Waals surface area contributed by atoms with Gasteiger partial charge in [0.2, 0.25) is 10.0 Å². The molecule has 0 saturated carbocycles. The van der Waals surface area contributed by atoms with Crippen LogP contribution >= 0.6 is 0 Å². The van der Waals surface area contributed by atoms with Crippen molar-refractivity contribution in [3.05, 3.63) is 17.6 Å². The fraction of sp³-hybridized carbons (Fsp3) is 0.714. The number of aryl methyl sites for hydroxylation is 1. The maximum absolute atomic E-state index is 12.6. The lowest BCUT2D eigenvalue weighted by Gasteiger charge is -2.20. The molecular formula is C14H25N3O3S. The van der Waals surface area contributed by atoms with E-state index in [2.05, 4.69) is 10.2 Å². The van der Waals surface area contributed by atoms with E-state index in [1.54, 1.807) is 27.1 Å². The molecule has 1 fully saturated rings. The van der Waals surface area contributed by atoms with E-state index >= 15 is 0 Å². The minimum Gasteiger partial charge on any atom is -0.464 e. The molecule has 1 saturated heterocycles. The number of likely N-dealkylation sites (tertiary alicyclic amines) is 1. The number of furan rings is 1. The van der Waals surface area contributed by atoms with Crippen molar-refractivity contribution in [2.75, 3.05) is 40.3 Å². The van der Waals surface area contributed by atoms with Gasteiger partial charge in [-0.2, -0.15) is 4.31 Å². The van der Waals surface area contributed by atoms with Gasteiger partial charge in [0.25, 0.3) is 0 Å². The van der Waals surface area contributed by atoms with Crippen molar-refractivity contribution in [2.45, 2.75) is 31.2 Å². The van der Waals surface area contributed by atoms with E-state index in [0.717, 1.165) is 19.6 Å². The second-order valence-electron chi connectivity index (χ2n) is 5.54. The van der Waals surface area contributed by atoms with Gasteiger partial charge in [-0.3, -0.25) is 0 Å². The lowest BCUT2D eigenvalue weighted by Crippen LogP contribution is -2.35. The molecule has 120 valence electrons. The van der Waals surface area contributed by atoms with Crippen LogP contribution in [0.3, 0.4) is 0 Å². The number of hydrogen-bond acceptors (Lipinski definition) is 5. The second-order valence-corrected chi connectivity index (χ2v) is 7.55. The van der Waals surface area contributed by atoms with Crippen LogP contribution in [0, 0.1) is 6.92 Å². The third kappa shape index (κ3) is 3.85. The Bertz CT molecular complexity index is 562. The van der Waals surface area contributed by atoms with Crippen molar-refractivity contribution in [3.63, 3.8) is 0 Å². The first-order valence-electron chi connectivity index (χ1n) is 7.37. The third-order valence-electron chi connectivity index (χ3n) is 3.89. The van der Waals surface area contributed by atoms with Crippen LogP contribution in [0.25, 0.3) is 0 Å². The minimum atomic E-state index is -3.47. The van der Waals surface area contributed by atoms with Crippen molar-refractivity contribution in [3.8, 4) is 0 Å². The summed E-state index contributed by atoms with van der Waals surface area (Å²) in [7, 11) is -0.0394. The zero-order chi connectivity index (χ0) is 15.5. The van der Waals surface area contributed by atoms with Gasteiger partial charge >= 0.3 is 0 Å². The summed E-state index contributed by atoms with van der Waals surface area (Å²) < 4.78 is 32.1. The molecule has 0 bridgehead atoms. The highest BCUT2D eigenvalue weighted by molar-refractivity contribution is 7.89. The molecule has 1 aromatic heterocycles. The van der Waals surface area contributed by atoms with Crippen molar-refractivity contribution in [2.24, 2.45) is 0 Å². The van der Waals surface area contributed by atoms with Gasteiger partial charge in [0.1, 0.15) is 16.4 Å². The molecule has 0 aliphatic carbocycles. The monoisotopic (exact) mass is 315 g/mol. The van der Waals surface area contributed by atoms with Crippen LogP contribution in [0.4, 0.5) is 0 Å². The largest absolute Gasteiger partial charge is 0.464 e. The molecule has 0 aromatic carbocycles. The van der Waals surface area contributed by atoms with Crippen LogP contribution in [0.15, 0.2) is 15.4 Å². The first-order valence-corrected chi connectivity index (χ1v) is 8.81. The smallest absolute Gasteiger partial charge is 0.246 e. The second kappa shape index (κ2) is 6.91. The van der Waals surface area contributed by atoms with Crippen LogP contribution in [-0.2, 0) is 16.6 Å². The van der Waals surface area contributed by atoms with Crippen molar-refractivity contribution in [1.29, 1.82) is 0 Å². The molecule has 0 radical (unpaired) electrons. The number of sulfonamides is 1. The Labute approximate surface area is 127 Å². The lowest BCUT2D eigenvalue weighted by atomic mass is 10.4. The summed E-state index contributed by atoms with van der Waals surface area (Å²) in [5, 5.41) is 2.96. The number of nitrogens with one attached hydrogen (secondary N) is 1. The fourth-order valence-electron chi connectivity index (χ4n) is 2.62. The molecule has 1 aliphatic rings. The van der Waals surface area contributed by atoms with E-state index in [4.69, 9.17) is 4.42 Å². The average molecular weight is 315 g/mol. The molecule has 0 unspecified atom stereocenters. The van der Waals surface area contributed by atoms with Crippen LogP contribution in [-0.4, -0.2) is 57.9 Å². The van der Waals surface area contributed by atoms with Crippen molar-refractivity contribution >= 4 is 10.0 Å². The van der Waals surface area contributed by atoms with Gasteiger partial charge in [0, 0.05) is 26.2 Å². The zero-order valence-electron chi connectivity index (χ0n) is 13.1. The summed E-state index contributed by atoms with van der Waals surface area (Å²) in [5.41, 5.74) is 0. The fourth-order valence-corrected chi connectivity index (χ4v) is 3.96. The summed E-state index contributed by atoms with van der Waals surface area (Å²) in [6.07, 6.45) is 2.43. The van der Waals surface area contributed by atoms with Crippen LogP contribution in [0.2, 0.25) is 0 Å². The third-order valence-corrected chi connectivity index (χ3v) is 5.86. The normalized spacial score (nSPS) is 17.0. The molecule has 7 heteroatoms. The Morgan fingerprint density at radius 3 is 2.67 bits per heavy atom. The molecule has 0 spiro atoms. The number of likely N-dealkylation sites (N-methyl/N-ethyl adjacent to an activating group) is 1. The Morgan fingerprint density at radius 1 is 1.38 bits per heavy atom. The summed E-state index contributed by atoms with van der Waals surface area (Å²) >= 11 is 0. The molecule has 1 aromatic rings. The average Bonchev–Trinajstić information content (AvgIpc) is 3.06. The molecule has 1 aliphatic heterocycles. The van der Waals surface area contributed by atoms with E-state index in [0.29, 0.717) is 24.6 Å². The minimum absolute atomic E-state index is 0.275. The molecular weight excluding hydrogens is 290 g/mol.